The quantitative estimate of drug-likeness (QED) is 0.825. The van der Waals surface area contributed by atoms with Crippen LogP contribution in [0.2, 0.25) is 0 Å². The summed E-state index contributed by atoms with van der Waals surface area (Å²) in [7, 11) is 0. The van der Waals surface area contributed by atoms with Crippen LogP contribution in [0.5, 0.6) is 0 Å². The fourth-order valence-corrected chi connectivity index (χ4v) is 1.72. The maximum atomic E-state index is 13.3. The van der Waals surface area contributed by atoms with Gasteiger partial charge in [0.25, 0.3) is 0 Å². The minimum atomic E-state index is -4.91. The van der Waals surface area contributed by atoms with Crippen LogP contribution in [0.25, 0.3) is 0 Å². The van der Waals surface area contributed by atoms with Gasteiger partial charge in [0.15, 0.2) is 5.60 Å². The van der Waals surface area contributed by atoms with Gasteiger partial charge in [0.1, 0.15) is 5.82 Å². The van der Waals surface area contributed by atoms with E-state index in [4.69, 9.17) is 0 Å². The molecule has 6 heteroatoms. The summed E-state index contributed by atoms with van der Waals surface area (Å²) in [5, 5.41) is 9.55. The van der Waals surface area contributed by atoms with E-state index in [0.717, 1.165) is 19.1 Å². The average molecular weight is 301 g/mol. The van der Waals surface area contributed by atoms with Crippen molar-refractivity contribution >= 4 is 15.9 Å². The summed E-state index contributed by atoms with van der Waals surface area (Å²) >= 11 is 2.94. The van der Waals surface area contributed by atoms with E-state index in [0.29, 0.717) is 0 Å². The van der Waals surface area contributed by atoms with Crippen LogP contribution in [0.15, 0.2) is 22.7 Å². The molecule has 1 N–H and O–H groups in total. The van der Waals surface area contributed by atoms with Crippen molar-refractivity contribution in [1.82, 2.24) is 0 Å². The Bertz CT molecular complexity index is 391. The molecule has 0 amide bonds. The highest BCUT2D eigenvalue weighted by atomic mass is 79.9. The summed E-state index contributed by atoms with van der Waals surface area (Å²) in [5.74, 6) is -1.08. The number of alkyl halides is 3. The number of aliphatic hydroxyl groups is 1. The molecular weight excluding hydrogens is 292 g/mol. The first-order valence-corrected chi connectivity index (χ1v) is 5.26. The number of hydrogen-bond donors (Lipinski definition) is 1. The molecule has 0 saturated heterocycles. The Labute approximate surface area is 98.2 Å². The standard InChI is InChI=1S/C10H9BrF4O/c1-2-9(16,10(13,14)15)7-5-6(11)3-4-8(7)12/h3-5,16H,2H2,1H3. The molecular formula is C10H9BrF4O. The van der Waals surface area contributed by atoms with Crippen molar-refractivity contribution in [3.05, 3.63) is 34.1 Å². The lowest BCUT2D eigenvalue weighted by molar-refractivity contribution is -0.268. The molecule has 16 heavy (non-hydrogen) atoms. The van der Waals surface area contributed by atoms with E-state index in [1.807, 2.05) is 0 Å². The second-order valence-electron chi connectivity index (χ2n) is 3.34. The van der Waals surface area contributed by atoms with Gasteiger partial charge in [0.2, 0.25) is 0 Å². The Kier molecular flexibility index (Phi) is 3.64. The van der Waals surface area contributed by atoms with Gasteiger partial charge in [-0.15, -0.1) is 0 Å². The maximum absolute atomic E-state index is 13.3. The summed E-state index contributed by atoms with van der Waals surface area (Å²) in [6, 6.07) is 3.09. The van der Waals surface area contributed by atoms with E-state index < -0.39 is 29.6 Å². The van der Waals surface area contributed by atoms with E-state index in [9.17, 15) is 22.7 Å². The van der Waals surface area contributed by atoms with Crippen LogP contribution < -0.4 is 0 Å². The first kappa shape index (κ1) is 13.4. The summed E-state index contributed by atoms with van der Waals surface area (Å²) in [4.78, 5) is 0. The van der Waals surface area contributed by atoms with Crippen molar-refractivity contribution in [1.29, 1.82) is 0 Å². The van der Waals surface area contributed by atoms with Crippen molar-refractivity contribution in [3.63, 3.8) is 0 Å². The van der Waals surface area contributed by atoms with E-state index in [1.54, 1.807) is 0 Å². The molecule has 1 aromatic rings. The molecule has 0 bridgehead atoms. The van der Waals surface area contributed by atoms with Crippen molar-refractivity contribution in [2.75, 3.05) is 0 Å². The number of halogens is 5. The lowest BCUT2D eigenvalue weighted by Crippen LogP contribution is -2.42. The van der Waals surface area contributed by atoms with Crippen LogP contribution in [0.1, 0.15) is 18.9 Å². The average Bonchev–Trinajstić information content (AvgIpc) is 2.19. The highest BCUT2D eigenvalue weighted by Crippen LogP contribution is 2.42. The zero-order chi connectivity index (χ0) is 12.6. The van der Waals surface area contributed by atoms with Gasteiger partial charge in [0, 0.05) is 10.0 Å². The molecule has 0 aliphatic carbocycles. The molecule has 0 aliphatic heterocycles. The Hall–Kier alpha value is -0.620. The lowest BCUT2D eigenvalue weighted by Gasteiger charge is -2.30. The normalized spacial score (nSPS) is 15.9. The van der Waals surface area contributed by atoms with Gasteiger partial charge in [-0.25, -0.2) is 4.39 Å². The Morgan fingerprint density at radius 3 is 2.31 bits per heavy atom. The molecule has 0 aliphatic rings. The predicted molar refractivity (Wildman–Crippen MR) is 54.3 cm³/mol. The Morgan fingerprint density at radius 2 is 1.88 bits per heavy atom. The summed E-state index contributed by atoms with van der Waals surface area (Å²) in [6.07, 6.45) is -5.56. The minimum absolute atomic E-state index is 0.278. The van der Waals surface area contributed by atoms with Gasteiger partial charge in [-0.2, -0.15) is 13.2 Å². The first-order valence-electron chi connectivity index (χ1n) is 4.47. The van der Waals surface area contributed by atoms with Crippen molar-refractivity contribution in [3.8, 4) is 0 Å². The van der Waals surface area contributed by atoms with E-state index in [1.165, 1.54) is 6.07 Å². The third-order valence-electron chi connectivity index (χ3n) is 2.35. The first-order chi connectivity index (χ1) is 7.22. The smallest absolute Gasteiger partial charge is 0.376 e. The van der Waals surface area contributed by atoms with Crippen molar-refractivity contribution in [2.24, 2.45) is 0 Å². The number of benzene rings is 1. The van der Waals surface area contributed by atoms with E-state index >= 15 is 0 Å². The fourth-order valence-electron chi connectivity index (χ4n) is 1.36. The second-order valence-corrected chi connectivity index (χ2v) is 4.25. The van der Waals surface area contributed by atoms with E-state index in [2.05, 4.69) is 15.9 Å². The van der Waals surface area contributed by atoms with Gasteiger partial charge < -0.3 is 5.11 Å². The molecule has 0 spiro atoms. The molecule has 1 atom stereocenters. The molecule has 0 aromatic heterocycles. The Morgan fingerprint density at radius 1 is 1.31 bits per heavy atom. The molecule has 1 rings (SSSR count). The second kappa shape index (κ2) is 4.33. The molecule has 0 fully saturated rings. The topological polar surface area (TPSA) is 20.2 Å². The highest BCUT2D eigenvalue weighted by Gasteiger charge is 2.54. The number of rotatable bonds is 2. The summed E-state index contributed by atoms with van der Waals surface area (Å²) < 4.78 is 51.6. The molecule has 1 unspecified atom stereocenters. The molecule has 90 valence electrons. The molecule has 1 nitrogen and oxygen atoms in total. The minimum Gasteiger partial charge on any atom is -0.376 e. The van der Waals surface area contributed by atoms with Gasteiger partial charge in [-0.05, 0) is 24.6 Å². The fraction of sp³-hybridized carbons (Fsp3) is 0.400. The Balaban J connectivity index is 3.39. The van der Waals surface area contributed by atoms with Crippen LogP contribution >= 0.6 is 15.9 Å². The van der Waals surface area contributed by atoms with Crippen LogP contribution in [-0.2, 0) is 5.60 Å². The predicted octanol–water partition coefficient (Wildman–Crippen LogP) is 3.75. The summed E-state index contributed by atoms with van der Waals surface area (Å²) in [6.45, 7) is 1.15. The van der Waals surface area contributed by atoms with Gasteiger partial charge in [0.05, 0.1) is 0 Å². The van der Waals surface area contributed by atoms with E-state index in [-0.39, 0.29) is 4.47 Å². The van der Waals surface area contributed by atoms with Gasteiger partial charge >= 0.3 is 6.18 Å². The summed E-state index contributed by atoms with van der Waals surface area (Å²) in [5.41, 5.74) is -3.92. The van der Waals surface area contributed by atoms with Gasteiger partial charge in [-0.3, -0.25) is 0 Å². The molecule has 0 saturated carbocycles. The monoisotopic (exact) mass is 300 g/mol. The van der Waals surface area contributed by atoms with Crippen LogP contribution in [-0.4, -0.2) is 11.3 Å². The third-order valence-corrected chi connectivity index (χ3v) is 2.85. The zero-order valence-corrected chi connectivity index (χ0v) is 9.86. The highest BCUT2D eigenvalue weighted by molar-refractivity contribution is 9.10. The zero-order valence-electron chi connectivity index (χ0n) is 8.28. The molecule has 1 aromatic carbocycles. The molecule has 0 heterocycles. The van der Waals surface area contributed by atoms with Crippen molar-refractivity contribution in [2.45, 2.75) is 25.1 Å². The maximum Gasteiger partial charge on any atom is 0.421 e. The van der Waals surface area contributed by atoms with Crippen molar-refractivity contribution < 1.29 is 22.7 Å². The number of hydrogen-bond acceptors (Lipinski definition) is 1. The van der Waals surface area contributed by atoms with Crippen LogP contribution in [0, 0.1) is 5.82 Å². The SMILES string of the molecule is CCC(O)(c1cc(Br)ccc1F)C(F)(F)F. The van der Waals surface area contributed by atoms with Crippen LogP contribution in [0.3, 0.4) is 0 Å². The third kappa shape index (κ3) is 2.22. The largest absolute Gasteiger partial charge is 0.421 e. The lowest BCUT2D eigenvalue weighted by atomic mass is 9.90. The van der Waals surface area contributed by atoms with Gasteiger partial charge in [-0.1, -0.05) is 22.9 Å². The molecule has 0 radical (unpaired) electrons. The van der Waals surface area contributed by atoms with Crippen LogP contribution in [0.4, 0.5) is 17.6 Å².